The molecule has 1 fully saturated rings. The Morgan fingerprint density at radius 3 is 2.54 bits per heavy atom. The van der Waals surface area contributed by atoms with E-state index in [0.717, 1.165) is 38.1 Å². The van der Waals surface area contributed by atoms with Gasteiger partial charge < -0.3 is 10.2 Å². The Labute approximate surface area is 170 Å². The Kier molecular flexibility index (Phi) is 5.15. The molecule has 2 heterocycles. The molecule has 1 aromatic heterocycles. The third-order valence-corrected chi connectivity index (χ3v) is 7.14. The maximum atomic E-state index is 13.5. The Bertz CT molecular complexity index is 1130. The lowest BCUT2D eigenvalue weighted by Gasteiger charge is -2.29. The SMILES string of the molecule is O=S(=O)(c1cccc(N2CCNCC2)c1)c1cn(C(F)F)c2ccc(Br)cc12. The standard InChI is InChI=1S/C19H18BrF2N3O2S/c20-13-4-5-17-16(10-13)18(12-25(17)19(21)22)28(26,27)15-3-1-2-14(11-15)24-8-6-23-7-9-24/h1-5,10-12,19,23H,6-9H2. The first-order valence-electron chi connectivity index (χ1n) is 8.77. The molecule has 148 valence electrons. The van der Waals surface area contributed by atoms with Crippen molar-refractivity contribution in [3.8, 4) is 0 Å². The van der Waals surface area contributed by atoms with Crippen LogP contribution < -0.4 is 10.2 Å². The van der Waals surface area contributed by atoms with Crippen molar-refractivity contribution in [2.75, 3.05) is 31.1 Å². The van der Waals surface area contributed by atoms with E-state index in [2.05, 4.69) is 26.1 Å². The number of nitrogens with zero attached hydrogens (tertiary/aromatic N) is 2. The summed E-state index contributed by atoms with van der Waals surface area (Å²) in [6, 6.07) is 11.3. The molecule has 0 aliphatic carbocycles. The summed E-state index contributed by atoms with van der Waals surface area (Å²) in [6.45, 7) is 0.377. The second kappa shape index (κ2) is 7.46. The molecule has 5 nitrogen and oxygen atoms in total. The van der Waals surface area contributed by atoms with Crippen LogP contribution in [0.2, 0.25) is 0 Å². The molecular formula is C19H18BrF2N3O2S. The smallest absolute Gasteiger partial charge is 0.319 e. The van der Waals surface area contributed by atoms with Gasteiger partial charge in [-0.05, 0) is 36.4 Å². The van der Waals surface area contributed by atoms with Crippen molar-refractivity contribution in [1.82, 2.24) is 9.88 Å². The summed E-state index contributed by atoms with van der Waals surface area (Å²) in [4.78, 5) is 2.08. The molecule has 2 aromatic carbocycles. The summed E-state index contributed by atoms with van der Waals surface area (Å²) < 4.78 is 54.9. The number of alkyl halides is 2. The number of hydrogen-bond acceptors (Lipinski definition) is 4. The van der Waals surface area contributed by atoms with Gasteiger partial charge in [0.1, 0.15) is 0 Å². The average molecular weight is 470 g/mol. The lowest BCUT2D eigenvalue weighted by molar-refractivity contribution is 0.0748. The highest BCUT2D eigenvalue weighted by Crippen LogP contribution is 2.35. The van der Waals surface area contributed by atoms with E-state index in [-0.39, 0.29) is 20.7 Å². The predicted octanol–water partition coefficient (Wildman–Crippen LogP) is 4.04. The monoisotopic (exact) mass is 469 g/mol. The number of hydrogen-bond donors (Lipinski definition) is 1. The molecule has 0 spiro atoms. The van der Waals surface area contributed by atoms with Crippen LogP contribution in [0.4, 0.5) is 14.5 Å². The fourth-order valence-electron chi connectivity index (χ4n) is 3.47. The van der Waals surface area contributed by atoms with Crippen molar-refractivity contribution in [2.24, 2.45) is 0 Å². The van der Waals surface area contributed by atoms with E-state index in [1.807, 2.05) is 6.07 Å². The number of halogens is 3. The molecule has 9 heteroatoms. The highest BCUT2D eigenvalue weighted by Gasteiger charge is 2.26. The van der Waals surface area contributed by atoms with Crippen molar-refractivity contribution in [2.45, 2.75) is 16.3 Å². The van der Waals surface area contributed by atoms with E-state index in [0.29, 0.717) is 9.04 Å². The number of benzene rings is 2. The maximum absolute atomic E-state index is 13.5. The van der Waals surface area contributed by atoms with E-state index >= 15 is 0 Å². The Hall–Kier alpha value is -1.97. The molecule has 4 rings (SSSR count). The van der Waals surface area contributed by atoms with Crippen LogP contribution in [0.25, 0.3) is 10.9 Å². The molecule has 0 amide bonds. The molecule has 0 radical (unpaired) electrons. The average Bonchev–Trinajstić information content (AvgIpc) is 3.08. The van der Waals surface area contributed by atoms with Crippen LogP contribution in [0.3, 0.4) is 0 Å². The predicted molar refractivity (Wildman–Crippen MR) is 108 cm³/mol. The number of anilines is 1. The van der Waals surface area contributed by atoms with Crippen molar-refractivity contribution in [1.29, 1.82) is 0 Å². The first-order chi connectivity index (χ1) is 13.4. The van der Waals surface area contributed by atoms with E-state index in [9.17, 15) is 17.2 Å². The molecular weight excluding hydrogens is 452 g/mol. The van der Waals surface area contributed by atoms with Gasteiger partial charge in [-0.25, -0.2) is 8.42 Å². The summed E-state index contributed by atoms with van der Waals surface area (Å²) in [5, 5.41) is 3.52. The van der Waals surface area contributed by atoms with Crippen molar-refractivity contribution in [3.05, 3.63) is 53.1 Å². The van der Waals surface area contributed by atoms with Gasteiger partial charge in [0.25, 0.3) is 0 Å². The molecule has 1 N–H and O–H groups in total. The summed E-state index contributed by atoms with van der Waals surface area (Å²) >= 11 is 3.30. The number of sulfone groups is 1. The molecule has 28 heavy (non-hydrogen) atoms. The summed E-state index contributed by atoms with van der Waals surface area (Å²) in [7, 11) is -3.97. The van der Waals surface area contributed by atoms with E-state index in [1.54, 1.807) is 24.3 Å². The first kappa shape index (κ1) is 19.4. The highest BCUT2D eigenvalue weighted by atomic mass is 79.9. The zero-order chi connectivity index (χ0) is 19.9. The zero-order valence-corrected chi connectivity index (χ0v) is 17.2. The topological polar surface area (TPSA) is 54.3 Å². The van der Waals surface area contributed by atoms with Crippen LogP contribution in [0.1, 0.15) is 6.55 Å². The quantitative estimate of drug-likeness (QED) is 0.626. The maximum Gasteiger partial charge on any atom is 0.319 e. The summed E-state index contributed by atoms with van der Waals surface area (Å²) in [5.41, 5.74) is 0.983. The molecule has 0 bridgehead atoms. The van der Waals surface area contributed by atoms with Crippen LogP contribution in [-0.2, 0) is 9.84 Å². The van der Waals surface area contributed by atoms with Crippen LogP contribution in [-0.4, -0.2) is 39.2 Å². The largest absolute Gasteiger partial charge is 0.369 e. The molecule has 3 aromatic rings. The van der Waals surface area contributed by atoms with Gasteiger partial charge in [-0.15, -0.1) is 0 Å². The van der Waals surface area contributed by atoms with Crippen LogP contribution >= 0.6 is 15.9 Å². The second-order valence-electron chi connectivity index (χ2n) is 6.58. The third kappa shape index (κ3) is 3.42. The molecule has 0 saturated carbocycles. The minimum Gasteiger partial charge on any atom is -0.369 e. The first-order valence-corrected chi connectivity index (χ1v) is 11.0. The summed E-state index contributed by atoms with van der Waals surface area (Å²) in [6.07, 6.45) is 1.02. The normalized spacial score (nSPS) is 15.5. The lowest BCUT2D eigenvalue weighted by atomic mass is 10.2. The van der Waals surface area contributed by atoms with E-state index in [1.165, 1.54) is 12.1 Å². The Morgan fingerprint density at radius 2 is 1.82 bits per heavy atom. The van der Waals surface area contributed by atoms with Crippen molar-refractivity contribution >= 4 is 42.4 Å². The van der Waals surface area contributed by atoms with Gasteiger partial charge in [-0.3, -0.25) is 4.57 Å². The van der Waals surface area contributed by atoms with Crippen LogP contribution in [0.15, 0.2) is 62.9 Å². The molecule has 1 saturated heterocycles. The highest BCUT2D eigenvalue weighted by molar-refractivity contribution is 9.10. The number of fused-ring (bicyclic) bond motifs is 1. The van der Waals surface area contributed by atoms with Gasteiger partial charge >= 0.3 is 6.55 Å². The van der Waals surface area contributed by atoms with Gasteiger partial charge in [0, 0.05) is 47.9 Å². The Balaban J connectivity index is 1.84. The number of nitrogens with one attached hydrogen (secondary N) is 1. The fourth-order valence-corrected chi connectivity index (χ4v) is 5.32. The molecule has 1 aliphatic rings. The zero-order valence-electron chi connectivity index (χ0n) is 14.8. The number of piperazine rings is 1. The summed E-state index contributed by atoms with van der Waals surface area (Å²) in [5.74, 6) is 0. The van der Waals surface area contributed by atoms with Crippen LogP contribution in [0, 0.1) is 0 Å². The third-order valence-electron chi connectivity index (χ3n) is 4.87. The second-order valence-corrected chi connectivity index (χ2v) is 9.41. The number of rotatable bonds is 4. The minimum absolute atomic E-state index is 0.0943. The van der Waals surface area contributed by atoms with E-state index < -0.39 is 16.4 Å². The van der Waals surface area contributed by atoms with E-state index in [4.69, 9.17) is 0 Å². The van der Waals surface area contributed by atoms with Gasteiger partial charge in [-0.2, -0.15) is 8.78 Å². The van der Waals surface area contributed by atoms with Gasteiger partial charge in [0.2, 0.25) is 9.84 Å². The lowest BCUT2D eigenvalue weighted by Crippen LogP contribution is -2.43. The number of aromatic nitrogens is 1. The van der Waals surface area contributed by atoms with Gasteiger partial charge in [0.15, 0.2) is 0 Å². The molecule has 1 aliphatic heterocycles. The van der Waals surface area contributed by atoms with Gasteiger partial charge in [0.05, 0.1) is 15.3 Å². The Morgan fingerprint density at radius 1 is 1.07 bits per heavy atom. The molecule has 0 atom stereocenters. The minimum atomic E-state index is -3.97. The van der Waals surface area contributed by atoms with Crippen LogP contribution in [0.5, 0.6) is 0 Å². The van der Waals surface area contributed by atoms with Gasteiger partial charge in [-0.1, -0.05) is 22.0 Å². The molecule has 0 unspecified atom stereocenters. The fraction of sp³-hybridized carbons (Fsp3) is 0.263. The van der Waals surface area contributed by atoms with Crippen molar-refractivity contribution in [3.63, 3.8) is 0 Å². The van der Waals surface area contributed by atoms with Crippen molar-refractivity contribution < 1.29 is 17.2 Å².